The lowest BCUT2D eigenvalue weighted by Gasteiger charge is -1.99. The normalized spacial score (nSPS) is 9.85. The van der Waals surface area contributed by atoms with Crippen LogP contribution in [-0.4, -0.2) is 20.7 Å². The second-order valence-electron chi connectivity index (χ2n) is 2.28. The summed E-state index contributed by atoms with van der Waals surface area (Å²) in [5.74, 6) is 0.374. The molecule has 1 N–H and O–H groups in total. The van der Waals surface area contributed by atoms with E-state index in [4.69, 9.17) is 0 Å². The number of aromatic nitrogens is 3. The molecule has 0 aromatic carbocycles. The van der Waals surface area contributed by atoms with Gasteiger partial charge in [-0.15, -0.1) is 0 Å². The molecule has 2 aromatic rings. The Labute approximate surface area is 73.2 Å². The van der Waals surface area contributed by atoms with Crippen LogP contribution in [0.4, 0.5) is 10.6 Å². The Morgan fingerprint density at radius 3 is 3.15 bits per heavy atom. The first kappa shape index (κ1) is 7.53. The van der Waals surface area contributed by atoms with Gasteiger partial charge in [0.2, 0.25) is 0 Å². The van der Waals surface area contributed by atoms with Crippen molar-refractivity contribution in [3.63, 3.8) is 0 Å². The van der Waals surface area contributed by atoms with E-state index < -0.39 is 0 Å². The van der Waals surface area contributed by atoms with Crippen molar-refractivity contribution in [2.24, 2.45) is 0 Å². The lowest BCUT2D eigenvalue weighted by atomic mass is 10.6. The Bertz CT molecular complexity index is 379. The Kier molecular flexibility index (Phi) is 1.79. The molecule has 6 nitrogen and oxygen atoms in total. The van der Waals surface area contributed by atoms with E-state index in [0.29, 0.717) is 5.82 Å². The van der Waals surface area contributed by atoms with Crippen LogP contribution in [0.1, 0.15) is 0 Å². The third-order valence-corrected chi connectivity index (χ3v) is 1.41. The molecule has 0 unspecified atom stereocenters. The fraction of sp³-hybridized carbons (Fsp3) is 0. The molecule has 1 amide bonds. The van der Waals surface area contributed by atoms with Crippen LogP contribution in [0.5, 0.6) is 0 Å². The maximum absolute atomic E-state index is 11.3. The number of imidazole rings is 1. The molecule has 6 heteroatoms. The maximum atomic E-state index is 11.3. The molecule has 2 rings (SSSR count). The van der Waals surface area contributed by atoms with Crippen LogP contribution < -0.4 is 5.32 Å². The van der Waals surface area contributed by atoms with Gasteiger partial charge in [-0.1, -0.05) is 5.16 Å². The molecule has 2 heterocycles. The van der Waals surface area contributed by atoms with Gasteiger partial charge in [-0.2, -0.15) is 0 Å². The first-order chi connectivity index (χ1) is 6.36. The van der Waals surface area contributed by atoms with Gasteiger partial charge in [0.15, 0.2) is 5.82 Å². The van der Waals surface area contributed by atoms with Crippen LogP contribution in [0.3, 0.4) is 0 Å². The lowest BCUT2D eigenvalue weighted by molar-refractivity contribution is 0.253. The van der Waals surface area contributed by atoms with E-state index in [9.17, 15) is 4.79 Å². The van der Waals surface area contributed by atoms with Crippen LogP contribution in [-0.2, 0) is 0 Å². The lowest BCUT2D eigenvalue weighted by Crippen LogP contribution is -2.17. The summed E-state index contributed by atoms with van der Waals surface area (Å²) in [4.78, 5) is 15.0. The van der Waals surface area contributed by atoms with Crippen LogP contribution in [0.15, 0.2) is 35.6 Å². The van der Waals surface area contributed by atoms with Gasteiger partial charge in [0.25, 0.3) is 0 Å². The van der Waals surface area contributed by atoms with E-state index in [2.05, 4.69) is 20.0 Å². The van der Waals surface area contributed by atoms with E-state index in [-0.39, 0.29) is 6.03 Å². The maximum Gasteiger partial charge on any atom is 0.332 e. The van der Waals surface area contributed by atoms with Crippen LogP contribution in [0, 0.1) is 0 Å². The summed E-state index contributed by atoms with van der Waals surface area (Å²) in [7, 11) is 0. The second kappa shape index (κ2) is 3.10. The molecule has 0 saturated heterocycles. The molecule has 0 aliphatic rings. The van der Waals surface area contributed by atoms with Crippen molar-refractivity contribution in [3.05, 3.63) is 31.1 Å². The number of carbonyl (C=O) groups excluding carboxylic acids is 1. The minimum absolute atomic E-state index is 0.327. The molecule has 0 aliphatic carbocycles. The van der Waals surface area contributed by atoms with Crippen molar-refractivity contribution in [1.82, 2.24) is 14.7 Å². The molecule has 0 radical (unpaired) electrons. The number of anilines is 1. The van der Waals surface area contributed by atoms with Gasteiger partial charge in [-0.05, 0) is 0 Å². The van der Waals surface area contributed by atoms with Crippen molar-refractivity contribution in [3.8, 4) is 0 Å². The van der Waals surface area contributed by atoms with Gasteiger partial charge >= 0.3 is 6.03 Å². The number of nitrogens with zero attached hydrogens (tertiary/aromatic N) is 3. The fourth-order valence-electron chi connectivity index (χ4n) is 0.830. The highest BCUT2D eigenvalue weighted by molar-refractivity contribution is 5.89. The van der Waals surface area contributed by atoms with Crippen molar-refractivity contribution >= 4 is 11.8 Å². The number of amides is 1. The Hall–Kier alpha value is -2.11. The van der Waals surface area contributed by atoms with Crippen LogP contribution in [0.25, 0.3) is 0 Å². The highest BCUT2D eigenvalue weighted by atomic mass is 16.5. The third kappa shape index (κ3) is 1.56. The summed E-state index contributed by atoms with van der Waals surface area (Å²) in [5, 5.41) is 6.03. The molecule has 0 fully saturated rings. The van der Waals surface area contributed by atoms with Crippen LogP contribution >= 0.6 is 0 Å². The molecule has 66 valence electrons. The predicted octanol–water partition coefficient (Wildman–Crippen LogP) is 0.951. The van der Waals surface area contributed by atoms with E-state index in [1.165, 1.54) is 29.6 Å². The highest BCUT2D eigenvalue weighted by Crippen LogP contribution is 2.01. The summed E-state index contributed by atoms with van der Waals surface area (Å²) in [6, 6.07) is 1.22. The summed E-state index contributed by atoms with van der Waals surface area (Å²) in [6.07, 6.45) is 5.83. The molecular formula is C7H6N4O2. The molecule has 0 spiro atoms. The number of hydrogen-bond donors (Lipinski definition) is 1. The van der Waals surface area contributed by atoms with E-state index in [0.717, 1.165) is 0 Å². The van der Waals surface area contributed by atoms with Gasteiger partial charge in [0, 0.05) is 18.5 Å². The van der Waals surface area contributed by atoms with Crippen molar-refractivity contribution in [2.75, 3.05) is 5.32 Å². The average molecular weight is 178 g/mol. The molecule has 0 aliphatic heterocycles. The van der Waals surface area contributed by atoms with Gasteiger partial charge in [-0.25, -0.2) is 9.78 Å². The van der Waals surface area contributed by atoms with Crippen LogP contribution in [0.2, 0.25) is 0 Å². The topological polar surface area (TPSA) is 73.0 Å². The molecule has 13 heavy (non-hydrogen) atoms. The minimum Gasteiger partial charge on any atom is -0.363 e. The first-order valence-electron chi connectivity index (χ1n) is 3.56. The Morgan fingerprint density at radius 2 is 2.54 bits per heavy atom. The van der Waals surface area contributed by atoms with Gasteiger partial charge in [-0.3, -0.25) is 9.88 Å². The Morgan fingerprint density at radius 1 is 1.62 bits per heavy atom. The Balaban J connectivity index is 2.08. The van der Waals surface area contributed by atoms with Crippen molar-refractivity contribution < 1.29 is 9.32 Å². The average Bonchev–Trinajstić information content (AvgIpc) is 2.74. The van der Waals surface area contributed by atoms with E-state index >= 15 is 0 Å². The fourth-order valence-corrected chi connectivity index (χ4v) is 0.830. The van der Waals surface area contributed by atoms with E-state index in [1.54, 1.807) is 6.07 Å². The van der Waals surface area contributed by atoms with Crippen molar-refractivity contribution in [1.29, 1.82) is 0 Å². The molecule has 0 bridgehead atoms. The largest absolute Gasteiger partial charge is 0.363 e. The monoisotopic (exact) mass is 178 g/mol. The SMILES string of the molecule is O=C(Nc1ccon1)n1ccnc1. The summed E-state index contributed by atoms with van der Waals surface area (Å²) < 4.78 is 5.84. The van der Waals surface area contributed by atoms with E-state index in [1.807, 2.05) is 0 Å². The van der Waals surface area contributed by atoms with Crippen molar-refractivity contribution in [2.45, 2.75) is 0 Å². The second-order valence-corrected chi connectivity index (χ2v) is 2.28. The summed E-state index contributed by atoms with van der Waals surface area (Å²) in [5.41, 5.74) is 0. The third-order valence-electron chi connectivity index (χ3n) is 1.41. The molecule has 2 aromatic heterocycles. The highest BCUT2D eigenvalue weighted by Gasteiger charge is 2.04. The number of rotatable bonds is 1. The molecule has 0 atom stereocenters. The first-order valence-corrected chi connectivity index (χ1v) is 3.56. The molecule has 0 saturated carbocycles. The summed E-state index contributed by atoms with van der Waals surface area (Å²) >= 11 is 0. The number of hydrogen-bond acceptors (Lipinski definition) is 4. The number of nitrogens with one attached hydrogen (secondary N) is 1. The zero-order valence-electron chi connectivity index (χ0n) is 6.54. The summed E-state index contributed by atoms with van der Waals surface area (Å²) in [6.45, 7) is 0. The van der Waals surface area contributed by atoms with Gasteiger partial charge in [0.05, 0.1) is 0 Å². The minimum atomic E-state index is -0.327. The molecular weight excluding hydrogens is 172 g/mol. The quantitative estimate of drug-likeness (QED) is 0.705. The smallest absolute Gasteiger partial charge is 0.332 e. The van der Waals surface area contributed by atoms with Gasteiger partial charge in [0.1, 0.15) is 12.6 Å². The zero-order chi connectivity index (χ0) is 9.10. The number of carbonyl (C=O) groups is 1. The zero-order valence-corrected chi connectivity index (χ0v) is 6.54. The standard InChI is InChI=1S/C7H6N4O2/c12-7(11-3-2-8-5-11)9-6-1-4-13-10-6/h1-5H,(H,9,10,12). The van der Waals surface area contributed by atoms with Gasteiger partial charge < -0.3 is 4.52 Å². The predicted molar refractivity (Wildman–Crippen MR) is 43.1 cm³/mol.